The van der Waals surface area contributed by atoms with Crippen molar-refractivity contribution in [2.45, 2.75) is 9.79 Å². The van der Waals surface area contributed by atoms with E-state index in [1.54, 1.807) is 72.8 Å². The summed E-state index contributed by atoms with van der Waals surface area (Å²) in [6.45, 7) is 0. The molecule has 116 valence electrons. The number of hydrogen-bond donors (Lipinski definition) is 2. The van der Waals surface area contributed by atoms with Gasteiger partial charge in [-0.3, -0.25) is 0 Å². The second-order valence-corrected chi connectivity index (χ2v) is 6.86. The number of nitrogen functional groups attached to an aromatic ring is 1. The first kappa shape index (κ1) is 15.1. The zero-order chi connectivity index (χ0) is 16.3. The van der Waals surface area contributed by atoms with Gasteiger partial charge in [0.15, 0.2) is 0 Å². The van der Waals surface area contributed by atoms with Crippen molar-refractivity contribution in [3.8, 4) is 0 Å². The third-order valence-corrected chi connectivity index (χ3v) is 5.05. The van der Waals surface area contributed by atoms with Crippen LogP contribution in [-0.2, 0) is 9.84 Å². The molecule has 23 heavy (non-hydrogen) atoms. The summed E-state index contributed by atoms with van der Waals surface area (Å²) in [5.74, 6) is 1.02. The van der Waals surface area contributed by atoms with E-state index < -0.39 is 9.84 Å². The van der Waals surface area contributed by atoms with Gasteiger partial charge in [0.2, 0.25) is 9.84 Å². The Hall–Kier alpha value is -2.86. The lowest BCUT2D eigenvalue weighted by atomic mass is 10.3. The molecule has 1 heterocycles. The molecule has 0 unspecified atom stereocenters. The number of nitrogens with one attached hydrogen (secondary N) is 1. The van der Waals surface area contributed by atoms with Crippen LogP contribution in [0.2, 0.25) is 0 Å². The van der Waals surface area contributed by atoms with Gasteiger partial charge in [-0.15, -0.1) is 0 Å². The highest BCUT2D eigenvalue weighted by molar-refractivity contribution is 7.91. The van der Waals surface area contributed by atoms with E-state index in [-0.39, 0.29) is 9.79 Å². The van der Waals surface area contributed by atoms with E-state index in [0.29, 0.717) is 11.6 Å². The number of benzene rings is 2. The van der Waals surface area contributed by atoms with Crippen molar-refractivity contribution in [2.75, 3.05) is 11.1 Å². The molecule has 0 amide bonds. The van der Waals surface area contributed by atoms with E-state index in [0.717, 1.165) is 5.69 Å². The molecular weight excluding hydrogens is 310 g/mol. The Morgan fingerprint density at radius 2 is 1.43 bits per heavy atom. The van der Waals surface area contributed by atoms with Crippen LogP contribution in [0.1, 0.15) is 0 Å². The van der Waals surface area contributed by atoms with Gasteiger partial charge >= 0.3 is 0 Å². The van der Waals surface area contributed by atoms with Gasteiger partial charge in [0.05, 0.1) is 9.79 Å². The van der Waals surface area contributed by atoms with E-state index in [9.17, 15) is 8.42 Å². The Labute approximate surface area is 134 Å². The van der Waals surface area contributed by atoms with Crippen molar-refractivity contribution in [3.05, 3.63) is 72.8 Å². The highest BCUT2D eigenvalue weighted by Crippen LogP contribution is 2.23. The van der Waals surface area contributed by atoms with Crippen LogP contribution in [0.5, 0.6) is 0 Å². The van der Waals surface area contributed by atoms with E-state index in [1.165, 1.54) is 0 Å². The molecule has 2 aromatic carbocycles. The molecule has 0 spiro atoms. The minimum absolute atomic E-state index is 0.245. The molecule has 3 N–H and O–H groups in total. The summed E-state index contributed by atoms with van der Waals surface area (Å²) in [5.41, 5.74) is 6.36. The monoisotopic (exact) mass is 325 g/mol. The largest absolute Gasteiger partial charge is 0.384 e. The third kappa shape index (κ3) is 3.32. The minimum atomic E-state index is -3.50. The molecule has 3 rings (SSSR count). The van der Waals surface area contributed by atoms with Gasteiger partial charge < -0.3 is 11.1 Å². The Kier molecular flexibility index (Phi) is 3.99. The molecule has 0 saturated heterocycles. The number of anilines is 3. The molecule has 6 heteroatoms. The maximum atomic E-state index is 12.5. The summed E-state index contributed by atoms with van der Waals surface area (Å²) < 4.78 is 25.0. The fourth-order valence-electron chi connectivity index (χ4n) is 2.12. The van der Waals surface area contributed by atoms with Crippen LogP contribution in [0.4, 0.5) is 17.3 Å². The van der Waals surface area contributed by atoms with Crippen molar-refractivity contribution >= 4 is 27.2 Å². The Morgan fingerprint density at radius 3 is 2.09 bits per heavy atom. The first-order chi connectivity index (χ1) is 11.1. The number of pyridine rings is 1. The molecular formula is C17H15N3O2S. The summed E-state index contributed by atoms with van der Waals surface area (Å²) in [4.78, 5) is 4.66. The third-order valence-electron chi connectivity index (χ3n) is 3.26. The highest BCUT2D eigenvalue weighted by Gasteiger charge is 2.16. The summed E-state index contributed by atoms with van der Waals surface area (Å²) >= 11 is 0. The van der Waals surface area contributed by atoms with Gasteiger partial charge in [-0.1, -0.05) is 24.3 Å². The zero-order valence-electron chi connectivity index (χ0n) is 12.2. The number of sulfone groups is 1. The average Bonchev–Trinajstić information content (AvgIpc) is 2.56. The summed E-state index contributed by atoms with van der Waals surface area (Å²) in [7, 11) is -3.50. The Balaban J connectivity index is 1.85. The van der Waals surface area contributed by atoms with Crippen LogP contribution in [-0.4, -0.2) is 13.4 Å². The van der Waals surface area contributed by atoms with Crippen LogP contribution in [0.3, 0.4) is 0 Å². The molecule has 5 nitrogen and oxygen atoms in total. The number of rotatable bonds is 4. The second kappa shape index (κ2) is 6.10. The van der Waals surface area contributed by atoms with Crippen molar-refractivity contribution in [1.82, 2.24) is 4.98 Å². The fourth-order valence-corrected chi connectivity index (χ4v) is 3.40. The number of hydrogen-bond acceptors (Lipinski definition) is 5. The maximum Gasteiger partial charge on any atom is 0.206 e. The smallest absolute Gasteiger partial charge is 0.206 e. The highest BCUT2D eigenvalue weighted by atomic mass is 32.2. The van der Waals surface area contributed by atoms with Crippen LogP contribution in [0.25, 0.3) is 0 Å². The van der Waals surface area contributed by atoms with Crippen molar-refractivity contribution in [2.24, 2.45) is 0 Å². The predicted molar refractivity (Wildman–Crippen MR) is 90.3 cm³/mol. The van der Waals surface area contributed by atoms with Gasteiger partial charge in [0.25, 0.3) is 0 Å². The molecule has 0 fully saturated rings. The zero-order valence-corrected chi connectivity index (χ0v) is 13.0. The molecule has 3 aromatic rings. The van der Waals surface area contributed by atoms with Crippen molar-refractivity contribution in [3.63, 3.8) is 0 Å². The normalized spacial score (nSPS) is 11.1. The lowest BCUT2D eigenvalue weighted by Crippen LogP contribution is -2.02. The van der Waals surface area contributed by atoms with Crippen LogP contribution in [0, 0.1) is 0 Å². The molecule has 0 aliphatic heterocycles. The number of nitrogens with zero attached hydrogens (tertiary/aromatic N) is 1. The Bertz CT molecular complexity index is 908. The molecule has 0 atom stereocenters. The van der Waals surface area contributed by atoms with E-state index in [4.69, 9.17) is 5.73 Å². The van der Waals surface area contributed by atoms with Gasteiger partial charge in [-0.25, -0.2) is 13.4 Å². The average molecular weight is 325 g/mol. The SMILES string of the molecule is Nc1cccc(Nc2ccc(S(=O)(=O)c3ccccc3)cc2)n1. The van der Waals surface area contributed by atoms with Crippen LogP contribution < -0.4 is 11.1 Å². The first-order valence-corrected chi connectivity index (χ1v) is 8.44. The summed E-state index contributed by atoms with van der Waals surface area (Å²) in [6.07, 6.45) is 0. The van der Waals surface area contributed by atoms with E-state index >= 15 is 0 Å². The van der Waals surface area contributed by atoms with E-state index in [1.807, 2.05) is 0 Å². The minimum Gasteiger partial charge on any atom is -0.384 e. The van der Waals surface area contributed by atoms with Gasteiger partial charge in [0, 0.05) is 5.69 Å². The molecule has 0 saturated carbocycles. The quantitative estimate of drug-likeness (QED) is 0.769. The molecule has 0 radical (unpaired) electrons. The molecule has 0 aliphatic carbocycles. The molecule has 0 aliphatic rings. The predicted octanol–water partition coefficient (Wildman–Crippen LogP) is 3.24. The number of aromatic nitrogens is 1. The summed E-state index contributed by atoms with van der Waals surface area (Å²) in [5, 5.41) is 3.08. The molecule has 0 bridgehead atoms. The van der Waals surface area contributed by atoms with Crippen LogP contribution >= 0.6 is 0 Å². The first-order valence-electron chi connectivity index (χ1n) is 6.95. The lowest BCUT2D eigenvalue weighted by Gasteiger charge is -2.08. The van der Waals surface area contributed by atoms with Crippen molar-refractivity contribution in [1.29, 1.82) is 0 Å². The summed E-state index contributed by atoms with van der Waals surface area (Å²) in [6, 6.07) is 20.1. The standard InChI is InChI=1S/C17H15N3O2S/c18-16-7-4-8-17(20-16)19-13-9-11-15(12-10-13)23(21,22)14-5-2-1-3-6-14/h1-12H,(H3,18,19,20). The van der Waals surface area contributed by atoms with Crippen molar-refractivity contribution < 1.29 is 8.42 Å². The number of nitrogens with two attached hydrogens (primary N) is 1. The van der Waals surface area contributed by atoms with E-state index in [2.05, 4.69) is 10.3 Å². The maximum absolute atomic E-state index is 12.5. The Morgan fingerprint density at radius 1 is 0.783 bits per heavy atom. The van der Waals surface area contributed by atoms with Gasteiger partial charge in [0.1, 0.15) is 11.6 Å². The fraction of sp³-hybridized carbons (Fsp3) is 0. The molecule has 1 aromatic heterocycles. The lowest BCUT2D eigenvalue weighted by molar-refractivity contribution is 0.596. The topological polar surface area (TPSA) is 85.1 Å². The second-order valence-electron chi connectivity index (χ2n) is 4.91. The van der Waals surface area contributed by atoms with Gasteiger partial charge in [-0.05, 0) is 48.5 Å². The van der Waals surface area contributed by atoms with Gasteiger partial charge in [-0.2, -0.15) is 0 Å². The van der Waals surface area contributed by atoms with Crippen LogP contribution in [0.15, 0.2) is 82.6 Å².